The van der Waals surface area contributed by atoms with Crippen molar-refractivity contribution in [3.8, 4) is 0 Å². The van der Waals surface area contributed by atoms with E-state index < -0.39 is 0 Å². The molecule has 0 radical (unpaired) electrons. The molecule has 0 aliphatic rings. The number of fused-ring (bicyclic) bond motifs is 1. The highest BCUT2D eigenvalue weighted by Crippen LogP contribution is 2.22. The summed E-state index contributed by atoms with van der Waals surface area (Å²) >= 11 is 0. The first kappa shape index (κ1) is 13.6. The maximum absolute atomic E-state index is 11.4. The molecule has 0 saturated carbocycles. The molecule has 0 spiro atoms. The van der Waals surface area contributed by atoms with E-state index in [0.29, 0.717) is 13.1 Å². The molecule has 1 aromatic heterocycles. The Morgan fingerprint density at radius 3 is 2.89 bits per heavy atom. The average Bonchev–Trinajstić information content (AvgIpc) is 2.82. The van der Waals surface area contributed by atoms with Gasteiger partial charge in [-0.05, 0) is 31.0 Å². The summed E-state index contributed by atoms with van der Waals surface area (Å²) in [5.74, 6) is 0.0385. The number of hydrogen-bond acceptors (Lipinski definition) is 2. The van der Waals surface area contributed by atoms with E-state index in [1.54, 1.807) is 7.05 Å². The molecule has 1 amide bonds. The van der Waals surface area contributed by atoms with Gasteiger partial charge in [0, 0.05) is 23.6 Å². The molecule has 1 aromatic carbocycles. The monoisotopic (exact) mass is 259 g/mol. The summed E-state index contributed by atoms with van der Waals surface area (Å²) in [7, 11) is 1.77. The molecule has 4 heteroatoms. The van der Waals surface area contributed by atoms with Crippen LogP contribution < -0.4 is 10.6 Å². The number of para-hydroxylation sites is 1. The Kier molecular flexibility index (Phi) is 4.58. The molecular weight excluding hydrogens is 238 g/mol. The Bertz CT molecular complexity index is 560. The van der Waals surface area contributed by atoms with Gasteiger partial charge in [0.25, 0.3) is 0 Å². The van der Waals surface area contributed by atoms with E-state index in [4.69, 9.17) is 0 Å². The number of nitrogens with one attached hydrogen (secondary N) is 3. The number of carbonyl (C=O) groups is 1. The van der Waals surface area contributed by atoms with Crippen molar-refractivity contribution in [2.45, 2.75) is 19.8 Å². The summed E-state index contributed by atoms with van der Waals surface area (Å²) in [6.07, 6.45) is 3.92. The first-order valence-electron chi connectivity index (χ1n) is 6.75. The Morgan fingerprint density at radius 1 is 1.32 bits per heavy atom. The number of rotatable bonds is 6. The van der Waals surface area contributed by atoms with E-state index in [2.05, 4.69) is 40.7 Å². The zero-order valence-corrected chi connectivity index (χ0v) is 11.5. The number of aryl methyl sites for hydroxylation is 1. The van der Waals surface area contributed by atoms with Crippen LogP contribution in [0, 0.1) is 0 Å². The molecule has 0 unspecified atom stereocenters. The minimum absolute atomic E-state index is 0.0385. The van der Waals surface area contributed by atoms with Crippen LogP contribution in [-0.2, 0) is 17.6 Å². The molecule has 0 fully saturated rings. The fraction of sp³-hybridized carbons (Fsp3) is 0.400. The predicted octanol–water partition coefficient (Wildman–Crippen LogP) is 1.61. The van der Waals surface area contributed by atoms with Crippen LogP contribution in [0.2, 0.25) is 0 Å². The number of likely N-dealkylation sites (N-methyl/N-ethyl adjacent to an activating group) is 1. The van der Waals surface area contributed by atoms with Crippen LogP contribution in [0.4, 0.5) is 0 Å². The molecule has 1 heterocycles. The third-order valence-corrected chi connectivity index (χ3v) is 3.32. The van der Waals surface area contributed by atoms with Crippen molar-refractivity contribution in [3.63, 3.8) is 0 Å². The quantitative estimate of drug-likeness (QED) is 0.738. The van der Waals surface area contributed by atoms with Crippen molar-refractivity contribution < 1.29 is 4.79 Å². The van der Waals surface area contributed by atoms with Gasteiger partial charge >= 0.3 is 0 Å². The SMILES string of the molecule is CCc1cccc2c(CCNC(=O)CNC)c[nH]c12. The summed E-state index contributed by atoms with van der Waals surface area (Å²) in [6, 6.07) is 6.38. The van der Waals surface area contributed by atoms with Crippen LogP contribution in [0.5, 0.6) is 0 Å². The lowest BCUT2D eigenvalue weighted by Crippen LogP contribution is -2.33. The first-order chi connectivity index (χ1) is 9.26. The molecular formula is C15H21N3O. The van der Waals surface area contributed by atoms with Crippen molar-refractivity contribution in [1.29, 1.82) is 0 Å². The standard InChI is InChI=1S/C15H21N3O/c1-3-11-5-4-6-13-12(9-18-15(11)13)7-8-17-14(19)10-16-2/h4-6,9,16,18H,3,7-8,10H2,1-2H3,(H,17,19). The molecule has 102 valence electrons. The van der Waals surface area contributed by atoms with Crippen LogP contribution in [0.1, 0.15) is 18.1 Å². The zero-order valence-electron chi connectivity index (χ0n) is 11.5. The molecule has 4 nitrogen and oxygen atoms in total. The van der Waals surface area contributed by atoms with E-state index in [1.807, 2.05) is 6.20 Å². The van der Waals surface area contributed by atoms with Crippen LogP contribution in [0.3, 0.4) is 0 Å². The molecule has 19 heavy (non-hydrogen) atoms. The van der Waals surface area contributed by atoms with Gasteiger partial charge in [-0.15, -0.1) is 0 Å². The van der Waals surface area contributed by atoms with E-state index in [1.165, 1.54) is 22.0 Å². The number of aromatic amines is 1. The summed E-state index contributed by atoms with van der Waals surface area (Å²) in [5, 5.41) is 7.00. The molecule has 2 rings (SSSR count). The van der Waals surface area contributed by atoms with Crippen LogP contribution in [0.15, 0.2) is 24.4 Å². The number of amides is 1. The lowest BCUT2D eigenvalue weighted by molar-refractivity contribution is -0.120. The summed E-state index contributed by atoms with van der Waals surface area (Å²) in [6.45, 7) is 3.20. The highest BCUT2D eigenvalue weighted by molar-refractivity contribution is 5.86. The van der Waals surface area contributed by atoms with E-state index in [-0.39, 0.29) is 5.91 Å². The minimum atomic E-state index is 0.0385. The largest absolute Gasteiger partial charge is 0.361 e. The van der Waals surface area contributed by atoms with Gasteiger partial charge in [0.1, 0.15) is 0 Å². The van der Waals surface area contributed by atoms with Gasteiger partial charge in [-0.25, -0.2) is 0 Å². The highest BCUT2D eigenvalue weighted by atomic mass is 16.1. The Balaban J connectivity index is 2.03. The Hall–Kier alpha value is -1.81. The fourth-order valence-electron chi connectivity index (χ4n) is 2.34. The summed E-state index contributed by atoms with van der Waals surface area (Å²) in [5.41, 5.74) is 3.82. The van der Waals surface area contributed by atoms with Gasteiger partial charge in [0.2, 0.25) is 5.91 Å². The van der Waals surface area contributed by atoms with Crippen molar-refractivity contribution in [2.24, 2.45) is 0 Å². The number of hydrogen-bond donors (Lipinski definition) is 3. The normalized spacial score (nSPS) is 10.8. The number of aromatic nitrogens is 1. The van der Waals surface area contributed by atoms with E-state index in [9.17, 15) is 4.79 Å². The fourth-order valence-corrected chi connectivity index (χ4v) is 2.34. The van der Waals surface area contributed by atoms with Gasteiger partial charge in [0.05, 0.1) is 6.54 Å². The third-order valence-electron chi connectivity index (χ3n) is 3.32. The van der Waals surface area contributed by atoms with Gasteiger partial charge in [-0.2, -0.15) is 0 Å². The first-order valence-corrected chi connectivity index (χ1v) is 6.75. The molecule has 3 N–H and O–H groups in total. The van der Waals surface area contributed by atoms with Gasteiger partial charge in [0.15, 0.2) is 0 Å². The maximum atomic E-state index is 11.4. The molecule has 0 atom stereocenters. The van der Waals surface area contributed by atoms with Crippen molar-refractivity contribution >= 4 is 16.8 Å². The Labute approximate surface area is 113 Å². The molecule has 0 bridgehead atoms. The summed E-state index contributed by atoms with van der Waals surface area (Å²) in [4.78, 5) is 14.7. The molecule has 0 aliphatic heterocycles. The van der Waals surface area contributed by atoms with Gasteiger partial charge < -0.3 is 15.6 Å². The Morgan fingerprint density at radius 2 is 2.16 bits per heavy atom. The van der Waals surface area contributed by atoms with Crippen molar-refractivity contribution in [1.82, 2.24) is 15.6 Å². The van der Waals surface area contributed by atoms with E-state index in [0.717, 1.165) is 12.8 Å². The van der Waals surface area contributed by atoms with Crippen molar-refractivity contribution in [2.75, 3.05) is 20.1 Å². The maximum Gasteiger partial charge on any atom is 0.233 e. The lowest BCUT2D eigenvalue weighted by Gasteiger charge is -2.04. The van der Waals surface area contributed by atoms with Crippen molar-refractivity contribution in [3.05, 3.63) is 35.5 Å². The lowest BCUT2D eigenvalue weighted by atomic mass is 10.1. The smallest absolute Gasteiger partial charge is 0.233 e. The predicted molar refractivity (Wildman–Crippen MR) is 78.3 cm³/mol. The van der Waals surface area contributed by atoms with Crippen LogP contribution in [-0.4, -0.2) is 31.0 Å². The van der Waals surface area contributed by atoms with Crippen LogP contribution in [0.25, 0.3) is 10.9 Å². The third kappa shape index (κ3) is 3.15. The number of benzene rings is 1. The average molecular weight is 259 g/mol. The van der Waals surface area contributed by atoms with Crippen LogP contribution >= 0.6 is 0 Å². The summed E-state index contributed by atoms with van der Waals surface area (Å²) < 4.78 is 0. The molecule has 0 saturated heterocycles. The minimum Gasteiger partial charge on any atom is -0.361 e. The second-order valence-electron chi connectivity index (χ2n) is 4.64. The topological polar surface area (TPSA) is 56.9 Å². The zero-order chi connectivity index (χ0) is 13.7. The van der Waals surface area contributed by atoms with Gasteiger partial charge in [-0.1, -0.05) is 25.1 Å². The van der Waals surface area contributed by atoms with E-state index >= 15 is 0 Å². The molecule has 2 aromatic rings. The number of H-pyrrole nitrogens is 1. The second-order valence-corrected chi connectivity index (χ2v) is 4.64. The van der Waals surface area contributed by atoms with Gasteiger partial charge in [-0.3, -0.25) is 4.79 Å². The highest BCUT2D eigenvalue weighted by Gasteiger charge is 2.06. The number of carbonyl (C=O) groups excluding carboxylic acids is 1. The second kappa shape index (κ2) is 6.38. The molecule has 0 aliphatic carbocycles.